The molecule has 2 heteroatoms. The molecule has 0 aliphatic carbocycles. The Morgan fingerprint density at radius 2 is 2.15 bits per heavy atom. The molecule has 0 saturated carbocycles. The zero-order valence-corrected chi connectivity index (χ0v) is 8.77. The number of hydrogen-bond donors (Lipinski definition) is 1. The van der Waals surface area contributed by atoms with Crippen LogP contribution in [-0.2, 0) is 0 Å². The summed E-state index contributed by atoms with van der Waals surface area (Å²) in [5.41, 5.74) is 0.315. The zero-order valence-electron chi connectivity index (χ0n) is 8.77. The van der Waals surface area contributed by atoms with Gasteiger partial charge in [0.25, 0.3) is 0 Å². The number of terminal acetylenes is 1. The molecule has 1 aliphatic heterocycles. The predicted molar refractivity (Wildman–Crippen MR) is 56.6 cm³/mol. The van der Waals surface area contributed by atoms with Gasteiger partial charge in [0.15, 0.2) is 0 Å². The SMILES string of the molecule is C#CCN1CCNC(CC)(CC)C1. The van der Waals surface area contributed by atoms with E-state index < -0.39 is 0 Å². The van der Waals surface area contributed by atoms with E-state index in [1.54, 1.807) is 0 Å². The van der Waals surface area contributed by atoms with Gasteiger partial charge < -0.3 is 5.32 Å². The predicted octanol–water partition coefficient (Wildman–Crippen LogP) is 1.08. The van der Waals surface area contributed by atoms with Crippen molar-refractivity contribution < 1.29 is 0 Å². The third-order valence-corrected chi connectivity index (χ3v) is 3.12. The Balaban J connectivity index is 2.54. The average Bonchev–Trinajstić information content (AvgIpc) is 2.19. The summed E-state index contributed by atoms with van der Waals surface area (Å²) in [7, 11) is 0. The van der Waals surface area contributed by atoms with Crippen molar-refractivity contribution in [2.24, 2.45) is 0 Å². The van der Waals surface area contributed by atoms with Crippen molar-refractivity contribution in [1.82, 2.24) is 10.2 Å². The highest BCUT2D eigenvalue weighted by Gasteiger charge is 2.30. The van der Waals surface area contributed by atoms with Crippen molar-refractivity contribution in [1.29, 1.82) is 0 Å². The molecule has 1 rings (SSSR count). The molecule has 74 valence electrons. The molecule has 0 bridgehead atoms. The molecule has 0 unspecified atom stereocenters. The lowest BCUT2D eigenvalue weighted by Crippen LogP contribution is -2.59. The highest BCUT2D eigenvalue weighted by atomic mass is 15.2. The smallest absolute Gasteiger partial charge is 0.0600 e. The second-order valence-electron chi connectivity index (χ2n) is 3.83. The molecule has 1 N–H and O–H groups in total. The number of hydrogen-bond acceptors (Lipinski definition) is 2. The van der Waals surface area contributed by atoms with Crippen molar-refractivity contribution in [3.63, 3.8) is 0 Å². The van der Waals surface area contributed by atoms with Crippen LogP contribution in [0.1, 0.15) is 26.7 Å². The van der Waals surface area contributed by atoms with Gasteiger partial charge in [0.2, 0.25) is 0 Å². The molecule has 0 aromatic rings. The molecular weight excluding hydrogens is 160 g/mol. The van der Waals surface area contributed by atoms with Crippen molar-refractivity contribution in [3.8, 4) is 12.3 Å². The van der Waals surface area contributed by atoms with Gasteiger partial charge in [-0.15, -0.1) is 6.42 Å². The Morgan fingerprint density at radius 3 is 2.69 bits per heavy atom. The first-order valence-electron chi connectivity index (χ1n) is 5.17. The molecule has 0 aromatic heterocycles. The minimum Gasteiger partial charge on any atom is -0.309 e. The molecule has 13 heavy (non-hydrogen) atoms. The monoisotopic (exact) mass is 180 g/mol. The van der Waals surface area contributed by atoms with Gasteiger partial charge in [-0.25, -0.2) is 0 Å². The molecule has 1 saturated heterocycles. The topological polar surface area (TPSA) is 15.3 Å². The summed E-state index contributed by atoms with van der Waals surface area (Å²) in [4.78, 5) is 2.36. The van der Waals surface area contributed by atoms with E-state index in [0.717, 1.165) is 26.2 Å². The van der Waals surface area contributed by atoms with Crippen molar-refractivity contribution in [2.75, 3.05) is 26.2 Å². The fourth-order valence-corrected chi connectivity index (χ4v) is 2.03. The first kappa shape index (κ1) is 10.6. The van der Waals surface area contributed by atoms with E-state index in [9.17, 15) is 0 Å². The van der Waals surface area contributed by atoms with Crippen LogP contribution in [0.15, 0.2) is 0 Å². The minimum atomic E-state index is 0.315. The van der Waals surface area contributed by atoms with Gasteiger partial charge in [0.1, 0.15) is 0 Å². The normalized spacial score (nSPS) is 22.5. The van der Waals surface area contributed by atoms with E-state index in [-0.39, 0.29) is 0 Å². The van der Waals surface area contributed by atoms with Crippen LogP contribution in [0.2, 0.25) is 0 Å². The summed E-state index contributed by atoms with van der Waals surface area (Å²) >= 11 is 0. The third-order valence-electron chi connectivity index (χ3n) is 3.12. The van der Waals surface area contributed by atoms with Crippen molar-refractivity contribution >= 4 is 0 Å². The molecule has 1 aliphatic rings. The molecule has 0 atom stereocenters. The van der Waals surface area contributed by atoms with Gasteiger partial charge in [-0.05, 0) is 12.8 Å². The number of nitrogens with one attached hydrogen (secondary N) is 1. The van der Waals surface area contributed by atoms with E-state index >= 15 is 0 Å². The highest BCUT2D eigenvalue weighted by molar-refractivity contribution is 4.97. The average molecular weight is 180 g/mol. The van der Waals surface area contributed by atoms with Crippen LogP contribution in [-0.4, -0.2) is 36.6 Å². The van der Waals surface area contributed by atoms with Gasteiger partial charge in [-0.2, -0.15) is 0 Å². The second kappa shape index (κ2) is 4.64. The highest BCUT2D eigenvalue weighted by Crippen LogP contribution is 2.19. The summed E-state index contributed by atoms with van der Waals surface area (Å²) in [6.07, 6.45) is 7.69. The fourth-order valence-electron chi connectivity index (χ4n) is 2.03. The summed E-state index contributed by atoms with van der Waals surface area (Å²) in [6.45, 7) is 8.55. The third kappa shape index (κ3) is 2.46. The van der Waals surface area contributed by atoms with E-state index in [2.05, 4.69) is 30.0 Å². The maximum Gasteiger partial charge on any atom is 0.0600 e. The van der Waals surface area contributed by atoms with Gasteiger partial charge in [-0.1, -0.05) is 19.8 Å². The van der Waals surface area contributed by atoms with Crippen LogP contribution in [0.3, 0.4) is 0 Å². The molecule has 0 amide bonds. The molecule has 1 heterocycles. The Bertz CT molecular complexity index is 189. The Labute approximate surface area is 81.7 Å². The Kier molecular flexibility index (Phi) is 3.77. The molecular formula is C11H20N2. The Morgan fingerprint density at radius 1 is 1.46 bits per heavy atom. The maximum absolute atomic E-state index is 5.32. The largest absolute Gasteiger partial charge is 0.309 e. The summed E-state index contributed by atoms with van der Waals surface area (Å²) in [5.74, 6) is 2.72. The van der Waals surface area contributed by atoms with Crippen molar-refractivity contribution in [2.45, 2.75) is 32.2 Å². The van der Waals surface area contributed by atoms with E-state index in [1.807, 2.05) is 0 Å². The van der Waals surface area contributed by atoms with Crippen molar-refractivity contribution in [3.05, 3.63) is 0 Å². The van der Waals surface area contributed by atoms with Crippen LogP contribution in [0.4, 0.5) is 0 Å². The molecule has 0 aromatic carbocycles. The first-order valence-corrected chi connectivity index (χ1v) is 5.17. The maximum atomic E-state index is 5.32. The Hall–Kier alpha value is -0.520. The number of rotatable bonds is 3. The molecule has 0 radical (unpaired) electrons. The summed E-state index contributed by atoms with van der Waals surface area (Å²) in [6, 6.07) is 0. The standard InChI is InChI=1S/C11H20N2/c1-4-8-13-9-7-12-11(5-2,6-3)10-13/h1,12H,5-10H2,2-3H3. The lowest BCUT2D eigenvalue weighted by atomic mass is 9.90. The van der Waals surface area contributed by atoms with Crippen LogP contribution >= 0.6 is 0 Å². The lowest BCUT2D eigenvalue weighted by Gasteiger charge is -2.42. The van der Waals surface area contributed by atoms with E-state index in [1.165, 1.54) is 12.8 Å². The quantitative estimate of drug-likeness (QED) is 0.654. The van der Waals surface area contributed by atoms with Crippen LogP contribution < -0.4 is 5.32 Å². The lowest BCUT2D eigenvalue weighted by molar-refractivity contribution is 0.136. The zero-order chi connectivity index (χ0) is 9.73. The van der Waals surface area contributed by atoms with Gasteiger partial charge in [0, 0.05) is 25.2 Å². The summed E-state index contributed by atoms with van der Waals surface area (Å²) < 4.78 is 0. The van der Waals surface area contributed by atoms with E-state index in [0.29, 0.717) is 5.54 Å². The van der Waals surface area contributed by atoms with Gasteiger partial charge >= 0.3 is 0 Å². The molecule has 1 fully saturated rings. The van der Waals surface area contributed by atoms with Crippen LogP contribution in [0.5, 0.6) is 0 Å². The van der Waals surface area contributed by atoms with Gasteiger partial charge in [-0.3, -0.25) is 4.90 Å². The van der Waals surface area contributed by atoms with Crippen LogP contribution in [0.25, 0.3) is 0 Å². The number of piperazine rings is 1. The number of nitrogens with zero attached hydrogens (tertiary/aromatic N) is 1. The second-order valence-corrected chi connectivity index (χ2v) is 3.83. The van der Waals surface area contributed by atoms with E-state index in [4.69, 9.17) is 6.42 Å². The minimum absolute atomic E-state index is 0.315. The molecule has 2 nitrogen and oxygen atoms in total. The van der Waals surface area contributed by atoms with Gasteiger partial charge in [0.05, 0.1) is 6.54 Å². The summed E-state index contributed by atoms with van der Waals surface area (Å²) in [5, 5.41) is 3.61. The van der Waals surface area contributed by atoms with Crippen LogP contribution in [0, 0.1) is 12.3 Å². The first-order chi connectivity index (χ1) is 6.26. The fraction of sp³-hybridized carbons (Fsp3) is 0.818. The molecule has 0 spiro atoms.